The van der Waals surface area contributed by atoms with Crippen LogP contribution in [0.5, 0.6) is 0 Å². The lowest BCUT2D eigenvalue weighted by molar-refractivity contribution is -0.120. The van der Waals surface area contributed by atoms with E-state index in [9.17, 15) is 9.18 Å². The predicted octanol–water partition coefficient (Wildman–Crippen LogP) is 1.93. The van der Waals surface area contributed by atoms with Gasteiger partial charge in [0.15, 0.2) is 0 Å². The van der Waals surface area contributed by atoms with Gasteiger partial charge in [-0.2, -0.15) is 0 Å². The summed E-state index contributed by atoms with van der Waals surface area (Å²) < 4.78 is 13.1. The number of aryl methyl sites for hydroxylation is 1. The van der Waals surface area contributed by atoms with Crippen molar-refractivity contribution in [3.63, 3.8) is 0 Å². The topological polar surface area (TPSA) is 41.1 Å². The minimum absolute atomic E-state index is 0.0208. The van der Waals surface area contributed by atoms with Gasteiger partial charge in [-0.15, -0.1) is 0 Å². The lowest BCUT2D eigenvalue weighted by atomic mass is 10.1. The van der Waals surface area contributed by atoms with E-state index < -0.39 is 0 Å². The smallest absolute Gasteiger partial charge is 0.233 e. The highest BCUT2D eigenvalue weighted by Crippen LogP contribution is 2.31. The van der Waals surface area contributed by atoms with E-state index in [1.807, 2.05) is 13.0 Å². The van der Waals surface area contributed by atoms with Crippen LogP contribution in [0.3, 0.4) is 0 Å². The van der Waals surface area contributed by atoms with Crippen molar-refractivity contribution in [1.29, 1.82) is 0 Å². The number of carbonyl (C=O) groups is 1. The number of fused-ring (bicyclic) bond motifs is 1. The van der Waals surface area contributed by atoms with E-state index in [4.69, 9.17) is 0 Å². The summed E-state index contributed by atoms with van der Waals surface area (Å²) in [7, 11) is 0. The third-order valence-electron chi connectivity index (χ3n) is 3.26. The van der Waals surface area contributed by atoms with Crippen molar-refractivity contribution in [2.24, 2.45) is 0 Å². The van der Waals surface area contributed by atoms with Crippen molar-refractivity contribution >= 4 is 5.91 Å². The molecule has 98 valence electrons. The molecule has 0 spiro atoms. The molecule has 4 heteroatoms. The molecule has 0 saturated heterocycles. The lowest BCUT2D eigenvalue weighted by Crippen LogP contribution is -2.35. The standard InChI is InChI=1S/C14H19FN2O/c1-2-7-16-14(18)9-17-13-6-3-10-8-11(15)4-5-12(10)13/h4-5,8,13,17H,2-3,6-7,9H2,1H3,(H,16,18). The molecule has 1 aromatic rings. The van der Waals surface area contributed by atoms with Crippen LogP contribution >= 0.6 is 0 Å². The van der Waals surface area contributed by atoms with Crippen molar-refractivity contribution in [3.8, 4) is 0 Å². The van der Waals surface area contributed by atoms with E-state index in [2.05, 4.69) is 10.6 Å². The Labute approximate surface area is 107 Å². The highest BCUT2D eigenvalue weighted by Gasteiger charge is 2.22. The Morgan fingerprint density at radius 3 is 3.11 bits per heavy atom. The molecule has 1 aliphatic carbocycles. The molecule has 0 aromatic heterocycles. The second kappa shape index (κ2) is 5.96. The maximum absolute atomic E-state index is 13.1. The highest BCUT2D eigenvalue weighted by atomic mass is 19.1. The summed E-state index contributed by atoms with van der Waals surface area (Å²) in [4.78, 5) is 11.5. The number of hydrogen-bond donors (Lipinski definition) is 2. The Bertz CT molecular complexity index is 434. The fourth-order valence-electron chi connectivity index (χ4n) is 2.34. The Morgan fingerprint density at radius 1 is 1.50 bits per heavy atom. The van der Waals surface area contributed by atoms with Crippen LogP contribution in [-0.4, -0.2) is 19.0 Å². The molecule has 2 N–H and O–H groups in total. The van der Waals surface area contributed by atoms with E-state index >= 15 is 0 Å². The monoisotopic (exact) mass is 250 g/mol. The molecule has 1 amide bonds. The summed E-state index contributed by atoms with van der Waals surface area (Å²) in [5.41, 5.74) is 2.18. The molecular formula is C14H19FN2O. The second-order valence-electron chi connectivity index (χ2n) is 4.67. The van der Waals surface area contributed by atoms with Crippen LogP contribution in [0.25, 0.3) is 0 Å². The first-order valence-corrected chi connectivity index (χ1v) is 6.49. The number of amides is 1. The third kappa shape index (κ3) is 3.07. The van der Waals surface area contributed by atoms with Crippen molar-refractivity contribution in [1.82, 2.24) is 10.6 Å². The van der Waals surface area contributed by atoms with Gasteiger partial charge in [-0.05, 0) is 42.5 Å². The maximum Gasteiger partial charge on any atom is 0.233 e. The van der Waals surface area contributed by atoms with Gasteiger partial charge in [0.05, 0.1) is 6.54 Å². The normalized spacial score (nSPS) is 17.6. The summed E-state index contributed by atoms with van der Waals surface area (Å²) in [5, 5.41) is 6.06. The highest BCUT2D eigenvalue weighted by molar-refractivity contribution is 5.78. The summed E-state index contributed by atoms with van der Waals surface area (Å²) in [6, 6.07) is 5.07. The predicted molar refractivity (Wildman–Crippen MR) is 68.8 cm³/mol. The van der Waals surface area contributed by atoms with E-state index in [1.54, 1.807) is 6.07 Å². The first kappa shape index (κ1) is 13.0. The number of nitrogens with one attached hydrogen (secondary N) is 2. The summed E-state index contributed by atoms with van der Waals surface area (Å²) >= 11 is 0. The fourth-order valence-corrected chi connectivity index (χ4v) is 2.34. The van der Waals surface area contributed by atoms with Gasteiger partial charge in [-0.25, -0.2) is 4.39 Å². The molecule has 0 radical (unpaired) electrons. The molecule has 0 saturated carbocycles. The number of carbonyl (C=O) groups excluding carboxylic acids is 1. The van der Waals surface area contributed by atoms with Gasteiger partial charge in [-0.3, -0.25) is 4.79 Å². The quantitative estimate of drug-likeness (QED) is 0.838. The van der Waals surface area contributed by atoms with Crippen LogP contribution in [-0.2, 0) is 11.2 Å². The minimum atomic E-state index is -0.185. The summed E-state index contributed by atoms with van der Waals surface area (Å²) in [5.74, 6) is -0.164. The zero-order valence-electron chi connectivity index (χ0n) is 10.6. The van der Waals surface area contributed by atoms with Crippen LogP contribution in [0, 0.1) is 5.82 Å². The molecule has 0 fully saturated rings. The SMILES string of the molecule is CCCNC(=O)CNC1CCc2cc(F)ccc21. The second-order valence-corrected chi connectivity index (χ2v) is 4.67. The Morgan fingerprint density at radius 2 is 2.33 bits per heavy atom. The molecule has 1 atom stereocenters. The van der Waals surface area contributed by atoms with Gasteiger partial charge in [-0.1, -0.05) is 13.0 Å². The maximum atomic E-state index is 13.1. The third-order valence-corrected chi connectivity index (χ3v) is 3.26. The zero-order valence-corrected chi connectivity index (χ0v) is 10.6. The Hall–Kier alpha value is -1.42. The molecular weight excluding hydrogens is 231 g/mol. The summed E-state index contributed by atoms with van der Waals surface area (Å²) in [6.07, 6.45) is 2.75. The van der Waals surface area contributed by atoms with Crippen molar-refractivity contribution < 1.29 is 9.18 Å². The van der Waals surface area contributed by atoms with E-state index in [1.165, 1.54) is 6.07 Å². The lowest BCUT2D eigenvalue weighted by Gasteiger charge is -2.13. The van der Waals surface area contributed by atoms with Gasteiger partial charge in [0.1, 0.15) is 5.82 Å². The first-order chi connectivity index (χ1) is 8.70. The van der Waals surface area contributed by atoms with Crippen molar-refractivity contribution in [2.45, 2.75) is 32.2 Å². The van der Waals surface area contributed by atoms with Crippen LogP contribution < -0.4 is 10.6 Å². The number of halogens is 1. The summed E-state index contributed by atoms with van der Waals surface area (Å²) in [6.45, 7) is 3.06. The molecule has 1 aromatic carbocycles. The zero-order chi connectivity index (χ0) is 13.0. The average molecular weight is 250 g/mol. The Balaban J connectivity index is 1.88. The first-order valence-electron chi connectivity index (χ1n) is 6.49. The van der Waals surface area contributed by atoms with Gasteiger partial charge in [0.2, 0.25) is 5.91 Å². The van der Waals surface area contributed by atoms with Crippen molar-refractivity contribution in [2.75, 3.05) is 13.1 Å². The number of hydrogen-bond acceptors (Lipinski definition) is 2. The number of benzene rings is 1. The molecule has 0 heterocycles. The van der Waals surface area contributed by atoms with E-state index in [0.29, 0.717) is 13.1 Å². The molecule has 18 heavy (non-hydrogen) atoms. The number of rotatable bonds is 5. The van der Waals surface area contributed by atoms with Gasteiger partial charge in [0.25, 0.3) is 0 Å². The molecule has 1 unspecified atom stereocenters. The fraction of sp³-hybridized carbons (Fsp3) is 0.500. The van der Waals surface area contributed by atoms with Crippen LogP contribution in [0.15, 0.2) is 18.2 Å². The van der Waals surface area contributed by atoms with Gasteiger partial charge in [0, 0.05) is 12.6 Å². The molecule has 1 aliphatic rings. The van der Waals surface area contributed by atoms with Gasteiger partial charge >= 0.3 is 0 Å². The molecule has 0 bridgehead atoms. The molecule has 0 aliphatic heterocycles. The minimum Gasteiger partial charge on any atom is -0.355 e. The van der Waals surface area contributed by atoms with Gasteiger partial charge < -0.3 is 10.6 Å². The van der Waals surface area contributed by atoms with Crippen LogP contribution in [0.1, 0.15) is 36.9 Å². The molecule has 2 rings (SSSR count). The Kier molecular flexibility index (Phi) is 4.31. The van der Waals surface area contributed by atoms with Crippen molar-refractivity contribution in [3.05, 3.63) is 35.1 Å². The molecule has 3 nitrogen and oxygen atoms in total. The van der Waals surface area contributed by atoms with E-state index in [0.717, 1.165) is 30.4 Å². The average Bonchev–Trinajstić information content (AvgIpc) is 2.76. The van der Waals surface area contributed by atoms with Crippen LogP contribution in [0.4, 0.5) is 4.39 Å². The van der Waals surface area contributed by atoms with E-state index in [-0.39, 0.29) is 17.8 Å². The largest absolute Gasteiger partial charge is 0.355 e. The van der Waals surface area contributed by atoms with Crippen LogP contribution in [0.2, 0.25) is 0 Å².